The van der Waals surface area contributed by atoms with Crippen LogP contribution in [0.15, 0.2) is 41.3 Å². The second-order valence-corrected chi connectivity index (χ2v) is 10.1. The lowest BCUT2D eigenvalue weighted by Crippen LogP contribution is -2.45. The number of piperidine rings is 1. The predicted octanol–water partition coefficient (Wildman–Crippen LogP) is 2.45. The van der Waals surface area contributed by atoms with Crippen molar-refractivity contribution in [3.8, 4) is 0 Å². The number of sulfone groups is 1. The van der Waals surface area contributed by atoms with Gasteiger partial charge in [0.25, 0.3) is 0 Å². The Kier molecular flexibility index (Phi) is 8.43. The monoisotopic (exact) mass is 466 g/mol. The fourth-order valence-electron chi connectivity index (χ4n) is 3.69. The molecule has 0 atom stereocenters. The quantitative estimate of drug-likeness (QED) is 0.427. The molecule has 0 aliphatic carbocycles. The molecule has 168 valence electrons. The van der Waals surface area contributed by atoms with Crippen molar-refractivity contribution in [2.45, 2.75) is 30.2 Å². The van der Waals surface area contributed by atoms with Crippen LogP contribution in [0.4, 0.5) is 0 Å². The van der Waals surface area contributed by atoms with Gasteiger partial charge in [0.1, 0.15) is 12.9 Å². The number of halogens is 1. The van der Waals surface area contributed by atoms with Crippen LogP contribution in [0, 0.1) is 0 Å². The highest BCUT2D eigenvalue weighted by molar-refractivity contribution is 7.91. The van der Waals surface area contributed by atoms with E-state index in [-0.39, 0.29) is 29.6 Å². The summed E-state index contributed by atoms with van der Waals surface area (Å²) in [5.74, 6) is -0.346. The zero-order valence-corrected chi connectivity index (χ0v) is 18.8. The van der Waals surface area contributed by atoms with E-state index in [9.17, 15) is 18.0 Å². The van der Waals surface area contributed by atoms with Gasteiger partial charge in [0.15, 0.2) is 9.84 Å². The molecule has 0 saturated carbocycles. The summed E-state index contributed by atoms with van der Waals surface area (Å²) in [4.78, 5) is 24.7. The lowest BCUT2D eigenvalue weighted by molar-refractivity contribution is -0.131. The minimum Gasteiger partial charge on any atom is -0.373 e. The van der Waals surface area contributed by atoms with E-state index in [4.69, 9.17) is 16.3 Å². The highest BCUT2D eigenvalue weighted by atomic mass is 35.5. The maximum absolute atomic E-state index is 12.7. The first kappa shape index (κ1) is 23.7. The minimum atomic E-state index is -3.56. The summed E-state index contributed by atoms with van der Waals surface area (Å²) in [6, 6.07) is 10.5. The Hall–Kier alpha value is -2.00. The van der Waals surface area contributed by atoms with E-state index in [2.05, 4.69) is 5.32 Å². The maximum atomic E-state index is 12.7. The van der Waals surface area contributed by atoms with Gasteiger partial charge in [-0.05, 0) is 47.9 Å². The van der Waals surface area contributed by atoms with Crippen LogP contribution in [-0.4, -0.2) is 70.2 Å². The number of hydrogen-bond acceptors (Lipinski definition) is 6. The molecule has 1 fully saturated rings. The molecule has 1 saturated heterocycles. The zero-order chi connectivity index (χ0) is 22.3. The van der Waals surface area contributed by atoms with Crippen molar-refractivity contribution in [3.05, 3.63) is 41.4 Å². The molecule has 1 N–H and O–H groups in total. The Balaban J connectivity index is 1.47. The van der Waals surface area contributed by atoms with E-state index in [0.29, 0.717) is 37.3 Å². The Bertz CT molecular complexity index is 1020. The average molecular weight is 467 g/mol. The van der Waals surface area contributed by atoms with Gasteiger partial charge in [-0.1, -0.05) is 23.7 Å². The SMILES string of the molecule is O=CCOCCNC1CCN(C(=O)CCS(=O)(=O)c2ccc3cc(Cl)ccc3c2)CC1. The van der Waals surface area contributed by atoms with Crippen LogP contribution in [0.1, 0.15) is 19.3 Å². The summed E-state index contributed by atoms with van der Waals surface area (Å²) in [7, 11) is -3.56. The summed E-state index contributed by atoms with van der Waals surface area (Å²) >= 11 is 5.98. The van der Waals surface area contributed by atoms with Gasteiger partial charge in [0.2, 0.25) is 5.91 Å². The molecule has 1 amide bonds. The van der Waals surface area contributed by atoms with Gasteiger partial charge in [-0.15, -0.1) is 0 Å². The molecule has 9 heteroatoms. The summed E-state index contributed by atoms with van der Waals surface area (Å²) < 4.78 is 30.6. The topological polar surface area (TPSA) is 92.8 Å². The van der Waals surface area contributed by atoms with Gasteiger partial charge >= 0.3 is 0 Å². The molecule has 0 unspecified atom stereocenters. The van der Waals surface area contributed by atoms with Gasteiger partial charge in [-0.25, -0.2) is 8.42 Å². The Morgan fingerprint density at radius 2 is 1.87 bits per heavy atom. The highest BCUT2D eigenvalue weighted by Gasteiger charge is 2.24. The molecule has 1 heterocycles. The molecule has 3 rings (SSSR count). The number of hydrogen-bond donors (Lipinski definition) is 1. The predicted molar refractivity (Wildman–Crippen MR) is 120 cm³/mol. The van der Waals surface area contributed by atoms with Crippen molar-refractivity contribution in [2.24, 2.45) is 0 Å². The molecule has 31 heavy (non-hydrogen) atoms. The van der Waals surface area contributed by atoms with E-state index in [0.717, 1.165) is 29.9 Å². The van der Waals surface area contributed by atoms with Gasteiger partial charge < -0.3 is 19.7 Å². The highest BCUT2D eigenvalue weighted by Crippen LogP contribution is 2.23. The standard InChI is InChI=1S/C22H27ClN2O5S/c23-19-3-1-18-16-21(4-2-17(18)15-19)31(28,29)14-7-22(27)25-9-5-20(6-10-25)24-8-12-30-13-11-26/h1-4,11,15-16,20,24H,5-10,12-14H2. The van der Waals surface area contributed by atoms with Crippen molar-refractivity contribution < 1.29 is 22.7 Å². The minimum absolute atomic E-state index is 0.0291. The number of likely N-dealkylation sites (tertiary alicyclic amines) is 1. The smallest absolute Gasteiger partial charge is 0.223 e. The number of carbonyl (C=O) groups excluding carboxylic acids is 2. The molecule has 0 aromatic heterocycles. The molecule has 2 aromatic carbocycles. The van der Waals surface area contributed by atoms with Crippen LogP contribution < -0.4 is 5.32 Å². The molecule has 1 aliphatic rings. The molecular weight excluding hydrogens is 440 g/mol. The first-order valence-corrected chi connectivity index (χ1v) is 12.4. The van der Waals surface area contributed by atoms with Crippen LogP contribution in [0.5, 0.6) is 0 Å². The number of ether oxygens (including phenoxy) is 1. The van der Waals surface area contributed by atoms with Crippen molar-refractivity contribution >= 4 is 44.4 Å². The van der Waals surface area contributed by atoms with Crippen molar-refractivity contribution in [1.29, 1.82) is 0 Å². The summed E-state index contributed by atoms with van der Waals surface area (Å²) in [6.45, 7) is 2.43. The van der Waals surface area contributed by atoms with Crippen LogP contribution in [-0.2, 0) is 24.2 Å². The number of rotatable bonds is 10. The van der Waals surface area contributed by atoms with Crippen LogP contribution in [0.3, 0.4) is 0 Å². The average Bonchev–Trinajstić information content (AvgIpc) is 2.77. The van der Waals surface area contributed by atoms with Gasteiger partial charge in [0, 0.05) is 37.1 Å². The summed E-state index contributed by atoms with van der Waals surface area (Å²) in [6.07, 6.45) is 2.30. The molecule has 2 aromatic rings. The molecule has 1 aliphatic heterocycles. The van der Waals surface area contributed by atoms with E-state index in [1.807, 2.05) is 0 Å². The summed E-state index contributed by atoms with van der Waals surface area (Å²) in [5, 5.41) is 5.61. The molecule has 7 nitrogen and oxygen atoms in total. The Morgan fingerprint density at radius 3 is 2.61 bits per heavy atom. The number of benzene rings is 2. The van der Waals surface area contributed by atoms with Crippen LogP contribution >= 0.6 is 11.6 Å². The number of fused-ring (bicyclic) bond motifs is 1. The molecular formula is C22H27ClN2O5S. The van der Waals surface area contributed by atoms with Gasteiger partial charge in [-0.2, -0.15) is 0 Å². The normalized spacial score (nSPS) is 15.3. The fourth-order valence-corrected chi connectivity index (χ4v) is 5.13. The van der Waals surface area contributed by atoms with Gasteiger partial charge in [-0.3, -0.25) is 4.79 Å². The Labute approximate surface area is 187 Å². The molecule has 0 spiro atoms. The third kappa shape index (κ3) is 6.74. The van der Waals surface area contributed by atoms with Crippen LogP contribution in [0.2, 0.25) is 5.02 Å². The molecule has 0 bridgehead atoms. The number of carbonyl (C=O) groups is 2. The van der Waals surface area contributed by atoms with Crippen molar-refractivity contribution in [1.82, 2.24) is 10.2 Å². The fraction of sp³-hybridized carbons (Fsp3) is 0.455. The first-order chi connectivity index (χ1) is 14.9. The van der Waals surface area contributed by atoms with E-state index >= 15 is 0 Å². The largest absolute Gasteiger partial charge is 0.373 e. The van der Waals surface area contributed by atoms with E-state index in [1.54, 1.807) is 41.3 Å². The van der Waals surface area contributed by atoms with E-state index < -0.39 is 9.84 Å². The van der Waals surface area contributed by atoms with Crippen molar-refractivity contribution in [3.63, 3.8) is 0 Å². The number of nitrogens with zero attached hydrogens (tertiary/aromatic N) is 1. The third-order valence-electron chi connectivity index (χ3n) is 5.43. The maximum Gasteiger partial charge on any atom is 0.223 e. The zero-order valence-electron chi connectivity index (χ0n) is 17.3. The summed E-state index contributed by atoms with van der Waals surface area (Å²) in [5.41, 5.74) is 0. The van der Waals surface area contributed by atoms with Crippen molar-refractivity contribution in [2.75, 3.05) is 38.6 Å². The number of amides is 1. The number of aldehydes is 1. The van der Waals surface area contributed by atoms with Gasteiger partial charge in [0.05, 0.1) is 17.3 Å². The second-order valence-electron chi connectivity index (χ2n) is 7.57. The lowest BCUT2D eigenvalue weighted by atomic mass is 10.0. The van der Waals surface area contributed by atoms with Crippen LogP contribution in [0.25, 0.3) is 10.8 Å². The molecule has 0 radical (unpaired) electrons. The third-order valence-corrected chi connectivity index (χ3v) is 7.38. The number of nitrogens with one attached hydrogen (secondary N) is 1. The Morgan fingerprint density at radius 1 is 1.16 bits per heavy atom. The second kappa shape index (κ2) is 11.0. The lowest BCUT2D eigenvalue weighted by Gasteiger charge is -2.32. The first-order valence-electron chi connectivity index (χ1n) is 10.3. The van der Waals surface area contributed by atoms with E-state index in [1.165, 1.54) is 0 Å².